The molecule has 0 unspecified atom stereocenters. The zero-order valence-corrected chi connectivity index (χ0v) is 15.5. The molecule has 3 rings (SSSR count). The normalized spacial score (nSPS) is 11.7. The Morgan fingerprint density at radius 2 is 1.77 bits per heavy atom. The Balaban J connectivity index is 1.92. The van der Waals surface area contributed by atoms with Crippen LogP contribution in [0.15, 0.2) is 51.9 Å². The van der Waals surface area contributed by atoms with Gasteiger partial charge in [0.25, 0.3) is 0 Å². The molecule has 0 saturated carbocycles. The highest BCUT2D eigenvalue weighted by Gasteiger charge is 2.20. The van der Waals surface area contributed by atoms with Gasteiger partial charge >= 0.3 is 0 Å². The lowest BCUT2D eigenvalue weighted by atomic mass is 10.0. The molecule has 0 bridgehead atoms. The van der Waals surface area contributed by atoms with Crippen LogP contribution >= 0.6 is 0 Å². The first kappa shape index (κ1) is 18.3. The topological polar surface area (TPSA) is 72.2 Å². The Bertz CT molecular complexity index is 1020. The summed E-state index contributed by atoms with van der Waals surface area (Å²) in [4.78, 5) is 0.192. The van der Waals surface area contributed by atoms with Crippen LogP contribution in [0.5, 0.6) is 0 Å². The summed E-state index contributed by atoms with van der Waals surface area (Å²) < 4.78 is 46.2. The number of aryl methyl sites for hydroxylation is 3. The van der Waals surface area contributed by atoms with E-state index in [2.05, 4.69) is 9.88 Å². The highest BCUT2D eigenvalue weighted by molar-refractivity contribution is 7.89. The smallest absolute Gasteiger partial charge is 0.241 e. The van der Waals surface area contributed by atoms with Gasteiger partial charge < -0.3 is 4.52 Å². The van der Waals surface area contributed by atoms with Crippen molar-refractivity contribution < 1.29 is 17.3 Å². The van der Waals surface area contributed by atoms with Gasteiger partial charge in [0, 0.05) is 12.1 Å². The van der Waals surface area contributed by atoms with Crippen molar-refractivity contribution in [2.45, 2.75) is 32.2 Å². The van der Waals surface area contributed by atoms with Crippen LogP contribution < -0.4 is 4.72 Å². The van der Waals surface area contributed by atoms with Crippen molar-refractivity contribution in [3.63, 3.8) is 0 Å². The zero-order valence-electron chi connectivity index (χ0n) is 14.7. The second kappa shape index (κ2) is 7.01. The molecule has 26 heavy (non-hydrogen) atoms. The van der Waals surface area contributed by atoms with E-state index < -0.39 is 10.0 Å². The van der Waals surface area contributed by atoms with Gasteiger partial charge in [0.15, 0.2) is 0 Å². The highest BCUT2D eigenvalue weighted by atomic mass is 32.2. The molecule has 0 fully saturated rings. The molecule has 1 aromatic heterocycles. The third kappa shape index (κ3) is 3.68. The van der Waals surface area contributed by atoms with Crippen LogP contribution in [0.25, 0.3) is 11.1 Å². The molecule has 136 valence electrons. The van der Waals surface area contributed by atoms with Gasteiger partial charge in [-0.3, -0.25) is 0 Å². The largest absolute Gasteiger partial charge is 0.361 e. The summed E-state index contributed by atoms with van der Waals surface area (Å²) in [6.07, 6.45) is 0. The Morgan fingerprint density at radius 1 is 1.08 bits per heavy atom. The fourth-order valence-corrected chi connectivity index (χ4v) is 4.08. The molecule has 1 N–H and O–H groups in total. The van der Waals surface area contributed by atoms with Crippen molar-refractivity contribution in [2.24, 2.45) is 0 Å². The van der Waals surface area contributed by atoms with Crippen LogP contribution in [0, 0.1) is 26.6 Å². The molecule has 0 saturated heterocycles. The average molecular weight is 374 g/mol. The standard InChI is InChI=1S/C19H19FN2O3S/c1-12-4-7-16(19-13(2)22-25-14(19)3)10-18(12)26(23,24)21-11-15-5-8-17(20)9-6-15/h4-10,21H,11H2,1-3H3. The SMILES string of the molecule is Cc1ccc(-c2c(C)noc2C)cc1S(=O)(=O)NCc1ccc(F)cc1. The van der Waals surface area contributed by atoms with Gasteiger partial charge in [-0.1, -0.05) is 29.4 Å². The molecule has 0 amide bonds. The number of hydrogen-bond donors (Lipinski definition) is 1. The number of sulfonamides is 1. The van der Waals surface area contributed by atoms with Crippen LogP contribution in [0.1, 0.15) is 22.6 Å². The minimum atomic E-state index is -3.73. The average Bonchev–Trinajstić information content (AvgIpc) is 2.94. The van der Waals surface area contributed by atoms with E-state index in [-0.39, 0.29) is 17.3 Å². The van der Waals surface area contributed by atoms with Gasteiger partial charge in [0.2, 0.25) is 10.0 Å². The first-order chi connectivity index (χ1) is 12.3. The van der Waals surface area contributed by atoms with E-state index in [9.17, 15) is 12.8 Å². The summed E-state index contributed by atoms with van der Waals surface area (Å²) in [5.41, 5.74) is 3.53. The van der Waals surface area contributed by atoms with Crippen molar-refractivity contribution in [3.8, 4) is 11.1 Å². The maximum Gasteiger partial charge on any atom is 0.241 e. The van der Waals surface area contributed by atoms with E-state index in [0.29, 0.717) is 22.6 Å². The lowest BCUT2D eigenvalue weighted by Gasteiger charge is -2.11. The Labute approximate surface area is 151 Å². The molecule has 7 heteroatoms. The number of nitrogens with zero attached hydrogens (tertiary/aromatic N) is 1. The summed E-state index contributed by atoms with van der Waals surface area (Å²) in [5.74, 6) is 0.272. The molecule has 1 heterocycles. The van der Waals surface area contributed by atoms with Crippen LogP contribution in [-0.2, 0) is 16.6 Å². The monoisotopic (exact) mass is 374 g/mol. The van der Waals surface area contributed by atoms with Crippen molar-refractivity contribution in [3.05, 3.63) is 70.9 Å². The molecule has 0 aliphatic heterocycles. The first-order valence-electron chi connectivity index (χ1n) is 8.06. The van der Waals surface area contributed by atoms with Crippen molar-refractivity contribution in [1.82, 2.24) is 9.88 Å². The number of rotatable bonds is 5. The van der Waals surface area contributed by atoms with Crippen molar-refractivity contribution in [1.29, 1.82) is 0 Å². The van der Waals surface area contributed by atoms with E-state index >= 15 is 0 Å². The molecule has 2 aromatic carbocycles. The van der Waals surface area contributed by atoms with Gasteiger partial charge in [-0.2, -0.15) is 0 Å². The minimum absolute atomic E-state index is 0.0810. The summed E-state index contributed by atoms with van der Waals surface area (Å²) in [6.45, 7) is 5.42. The Kier molecular flexibility index (Phi) is 4.93. The van der Waals surface area contributed by atoms with E-state index in [4.69, 9.17) is 4.52 Å². The minimum Gasteiger partial charge on any atom is -0.361 e. The number of hydrogen-bond acceptors (Lipinski definition) is 4. The maximum atomic E-state index is 13.0. The van der Waals surface area contributed by atoms with Gasteiger partial charge in [-0.25, -0.2) is 17.5 Å². The second-order valence-corrected chi connectivity index (χ2v) is 7.87. The van der Waals surface area contributed by atoms with E-state index in [1.54, 1.807) is 38.1 Å². The number of aromatic nitrogens is 1. The van der Waals surface area contributed by atoms with Crippen molar-refractivity contribution >= 4 is 10.0 Å². The van der Waals surface area contributed by atoms with Crippen LogP contribution in [0.3, 0.4) is 0 Å². The molecule has 0 radical (unpaired) electrons. The predicted molar refractivity (Wildman–Crippen MR) is 96.6 cm³/mol. The number of halogens is 1. The maximum absolute atomic E-state index is 13.0. The third-order valence-corrected chi connectivity index (χ3v) is 5.72. The fraction of sp³-hybridized carbons (Fsp3) is 0.211. The fourth-order valence-electron chi connectivity index (χ4n) is 2.80. The summed E-state index contributed by atoms with van der Waals surface area (Å²) >= 11 is 0. The molecular weight excluding hydrogens is 355 g/mol. The van der Waals surface area contributed by atoms with Crippen LogP contribution in [-0.4, -0.2) is 13.6 Å². The molecule has 5 nitrogen and oxygen atoms in total. The van der Waals surface area contributed by atoms with Gasteiger partial charge in [-0.15, -0.1) is 0 Å². The van der Waals surface area contributed by atoms with E-state index in [1.807, 2.05) is 13.0 Å². The summed E-state index contributed by atoms with van der Waals surface area (Å²) in [7, 11) is -3.73. The molecule has 0 spiro atoms. The molecule has 0 atom stereocenters. The van der Waals surface area contributed by atoms with Gasteiger partial charge in [-0.05, 0) is 55.7 Å². The molecule has 0 aliphatic rings. The van der Waals surface area contributed by atoms with Crippen LogP contribution in [0.2, 0.25) is 0 Å². The third-order valence-electron chi connectivity index (χ3n) is 4.18. The molecular formula is C19H19FN2O3S. The lowest BCUT2D eigenvalue weighted by molar-refractivity contribution is 0.393. The molecule has 0 aliphatic carbocycles. The Morgan fingerprint density at radius 3 is 2.38 bits per heavy atom. The lowest BCUT2D eigenvalue weighted by Crippen LogP contribution is -2.24. The number of nitrogens with one attached hydrogen (secondary N) is 1. The molecule has 3 aromatic rings. The quantitative estimate of drug-likeness (QED) is 0.735. The Hall–Kier alpha value is -2.51. The predicted octanol–water partition coefficient (Wildman–Crippen LogP) is 3.88. The van der Waals surface area contributed by atoms with Gasteiger partial charge in [0.1, 0.15) is 11.6 Å². The first-order valence-corrected chi connectivity index (χ1v) is 9.54. The van der Waals surface area contributed by atoms with Crippen molar-refractivity contribution in [2.75, 3.05) is 0 Å². The summed E-state index contributed by atoms with van der Waals surface area (Å²) in [6, 6.07) is 10.9. The van der Waals surface area contributed by atoms with E-state index in [0.717, 1.165) is 11.1 Å². The zero-order chi connectivity index (χ0) is 18.9. The second-order valence-electron chi connectivity index (χ2n) is 6.13. The van der Waals surface area contributed by atoms with Gasteiger partial charge in [0.05, 0.1) is 10.6 Å². The van der Waals surface area contributed by atoms with Crippen LogP contribution in [0.4, 0.5) is 4.39 Å². The van der Waals surface area contributed by atoms with E-state index in [1.165, 1.54) is 12.1 Å². The summed E-state index contributed by atoms with van der Waals surface area (Å²) in [5, 5.41) is 3.92. The highest BCUT2D eigenvalue weighted by Crippen LogP contribution is 2.30. The number of benzene rings is 2.